The summed E-state index contributed by atoms with van der Waals surface area (Å²) in [6.45, 7) is 5.32. The first-order chi connectivity index (χ1) is 23.5. The van der Waals surface area contributed by atoms with Gasteiger partial charge in [0.15, 0.2) is 0 Å². The molecule has 0 radical (unpaired) electrons. The average molecular weight is 706 g/mol. The van der Waals surface area contributed by atoms with Gasteiger partial charge < -0.3 is 10.8 Å². The quantitative estimate of drug-likeness (QED) is 0.0618. The van der Waals surface area contributed by atoms with Gasteiger partial charge in [0.2, 0.25) is 0 Å². The number of aliphatic hydroxyl groups is 1. The number of unbranched alkanes of at least 4 members (excludes halogenated alkanes) is 30. The number of aliphatic hydroxyl groups excluding tert-OH is 1. The fourth-order valence-corrected chi connectivity index (χ4v) is 6.96. The molecule has 0 saturated heterocycles. The number of nitrogens with two attached hydrogens (primary N) is 1. The van der Waals surface area contributed by atoms with Gasteiger partial charge in [-0.15, -0.1) is 0 Å². The first-order valence-corrected chi connectivity index (χ1v) is 22.6. The van der Waals surface area contributed by atoms with Crippen LogP contribution in [0.15, 0.2) is 0 Å². The Hall–Kier alpha value is -0.210. The molecule has 0 aromatic rings. The highest BCUT2D eigenvalue weighted by Crippen LogP contribution is 2.21. The molecule has 6 nitrogen and oxygen atoms in total. The van der Waals surface area contributed by atoms with Crippen LogP contribution in [0.25, 0.3) is 0 Å². The van der Waals surface area contributed by atoms with E-state index in [1.165, 1.54) is 213 Å². The van der Waals surface area contributed by atoms with Gasteiger partial charge in [-0.25, -0.2) is 4.18 Å². The minimum absolute atomic E-state index is 0.0972. The van der Waals surface area contributed by atoms with Gasteiger partial charge >= 0.3 is 10.4 Å². The first-order valence-electron chi connectivity index (χ1n) is 21.2. The summed E-state index contributed by atoms with van der Waals surface area (Å²) in [6, 6.07) is 0. The lowest BCUT2D eigenvalue weighted by molar-refractivity contribution is 0.192. The molecule has 0 spiro atoms. The van der Waals surface area contributed by atoms with Crippen LogP contribution in [0.3, 0.4) is 0 Å². The van der Waals surface area contributed by atoms with Gasteiger partial charge in [0.1, 0.15) is 0 Å². The smallest absolute Gasteiger partial charge is 0.395 e. The van der Waals surface area contributed by atoms with E-state index >= 15 is 0 Å². The van der Waals surface area contributed by atoms with Gasteiger partial charge in [-0.1, -0.05) is 219 Å². The molecule has 0 atom stereocenters. The summed E-state index contributed by atoms with van der Waals surface area (Å²) in [4.78, 5) is 0. The molecule has 0 bridgehead atoms. The Morgan fingerprint density at radius 1 is 0.479 bits per heavy atom. The van der Waals surface area contributed by atoms with Crippen molar-refractivity contribution >= 4 is 10.4 Å². The van der Waals surface area contributed by atoms with Crippen molar-refractivity contribution in [3.63, 3.8) is 0 Å². The molecule has 7 heteroatoms. The van der Waals surface area contributed by atoms with Gasteiger partial charge in [-0.3, -0.25) is 4.18 Å². The van der Waals surface area contributed by atoms with Crippen molar-refractivity contribution in [1.29, 1.82) is 0 Å². The van der Waals surface area contributed by atoms with E-state index in [1.54, 1.807) is 0 Å². The zero-order valence-electron chi connectivity index (χ0n) is 32.8. The molecule has 0 aliphatic carbocycles. The molecule has 0 amide bonds. The third-order valence-electron chi connectivity index (χ3n) is 9.71. The van der Waals surface area contributed by atoms with Gasteiger partial charge in [0.25, 0.3) is 0 Å². The van der Waals surface area contributed by atoms with Crippen molar-refractivity contribution in [3.8, 4) is 0 Å². The predicted molar refractivity (Wildman–Crippen MR) is 210 cm³/mol. The van der Waals surface area contributed by atoms with Gasteiger partial charge in [0, 0.05) is 6.54 Å². The van der Waals surface area contributed by atoms with Gasteiger partial charge in [-0.05, 0) is 18.8 Å². The van der Waals surface area contributed by atoms with Crippen LogP contribution in [0.1, 0.15) is 232 Å². The van der Waals surface area contributed by atoms with Crippen LogP contribution in [0.4, 0.5) is 0 Å². The summed E-state index contributed by atoms with van der Waals surface area (Å²) in [5, 5.41) is 7.75. The van der Waals surface area contributed by atoms with E-state index in [-0.39, 0.29) is 13.2 Å². The standard InChI is InChI=1S/C39H80O4S.C2H7NO/c1-4-6-8-10-12-14-16-18-20-22-24-26-28-30-32-34-36-39(38-43-44(40,41)42-3)37-35-33-31-29-27-25-23-21-19-17-15-13-11-9-7-5-2;3-1-2-4/h39H,4-38H2,1-3H3;4H,1-3H2. The maximum atomic E-state index is 11.7. The van der Waals surface area contributed by atoms with Crippen LogP contribution >= 0.6 is 0 Å². The summed E-state index contributed by atoms with van der Waals surface area (Å²) in [5.41, 5.74) is 4.78. The van der Waals surface area contributed by atoms with Crippen molar-refractivity contribution < 1.29 is 21.9 Å². The summed E-state index contributed by atoms with van der Waals surface area (Å²) >= 11 is 0. The second-order valence-electron chi connectivity index (χ2n) is 14.4. The summed E-state index contributed by atoms with van der Waals surface area (Å²) in [7, 11) is -2.66. The van der Waals surface area contributed by atoms with Crippen LogP contribution in [0.2, 0.25) is 0 Å². The van der Waals surface area contributed by atoms with Crippen molar-refractivity contribution in [1.82, 2.24) is 0 Å². The third-order valence-corrected chi connectivity index (χ3v) is 10.5. The Bertz CT molecular complexity index is 638. The van der Waals surface area contributed by atoms with Crippen LogP contribution in [-0.4, -0.2) is 40.4 Å². The summed E-state index contributed by atoms with van der Waals surface area (Å²) in [5.74, 6) is 0.318. The zero-order chi connectivity index (χ0) is 35.7. The molecular weight excluding hydrogens is 619 g/mol. The molecule has 0 aliphatic rings. The van der Waals surface area contributed by atoms with E-state index in [0.717, 1.165) is 12.8 Å². The second kappa shape index (κ2) is 43.0. The monoisotopic (exact) mass is 706 g/mol. The minimum Gasteiger partial charge on any atom is -0.395 e. The van der Waals surface area contributed by atoms with Gasteiger partial charge in [0.05, 0.1) is 20.3 Å². The Balaban J connectivity index is 0. The largest absolute Gasteiger partial charge is 0.399 e. The predicted octanol–water partition coefficient (Wildman–Crippen LogP) is 12.8. The van der Waals surface area contributed by atoms with Crippen LogP contribution in [0, 0.1) is 5.92 Å². The van der Waals surface area contributed by atoms with E-state index < -0.39 is 10.4 Å². The van der Waals surface area contributed by atoms with E-state index in [2.05, 4.69) is 18.0 Å². The Morgan fingerprint density at radius 2 is 0.708 bits per heavy atom. The fourth-order valence-electron chi connectivity index (χ4n) is 6.50. The Labute approximate surface area is 302 Å². The van der Waals surface area contributed by atoms with E-state index in [0.29, 0.717) is 12.5 Å². The Kier molecular flexibility index (Phi) is 44.7. The van der Waals surface area contributed by atoms with Crippen LogP contribution in [0.5, 0.6) is 0 Å². The van der Waals surface area contributed by atoms with Crippen molar-refractivity contribution in [2.45, 2.75) is 232 Å². The molecule has 0 aromatic heterocycles. The molecule has 292 valence electrons. The normalized spacial score (nSPS) is 11.7. The maximum absolute atomic E-state index is 11.7. The minimum atomic E-state index is -3.84. The molecule has 0 aromatic carbocycles. The molecule has 3 N–H and O–H groups in total. The summed E-state index contributed by atoms with van der Waals surface area (Å²) in [6.07, 6.45) is 46.2. The molecule has 0 rings (SSSR count). The highest BCUT2D eigenvalue weighted by atomic mass is 32.3. The lowest BCUT2D eigenvalue weighted by Crippen LogP contribution is -2.16. The molecule has 0 aliphatic heterocycles. The third kappa shape index (κ3) is 43.8. The summed E-state index contributed by atoms with van der Waals surface area (Å²) < 4.78 is 33.1. The van der Waals surface area contributed by atoms with Crippen molar-refractivity contribution in [2.75, 3.05) is 26.9 Å². The molecule has 0 unspecified atom stereocenters. The molecule has 0 fully saturated rings. The fraction of sp³-hybridized carbons (Fsp3) is 1.00. The lowest BCUT2D eigenvalue weighted by atomic mass is 9.94. The number of hydrogen-bond donors (Lipinski definition) is 2. The van der Waals surface area contributed by atoms with Crippen molar-refractivity contribution in [3.05, 3.63) is 0 Å². The maximum Gasteiger partial charge on any atom is 0.399 e. The molecular formula is C41H87NO5S. The zero-order valence-corrected chi connectivity index (χ0v) is 33.6. The number of rotatable bonds is 39. The van der Waals surface area contributed by atoms with Gasteiger partial charge in [-0.2, -0.15) is 8.42 Å². The average Bonchev–Trinajstić information content (AvgIpc) is 3.09. The molecule has 0 heterocycles. The topological polar surface area (TPSA) is 98.9 Å². The van der Waals surface area contributed by atoms with E-state index in [1.807, 2.05) is 0 Å². The SMILES string of the molecule is CCCCCCCCCCCCCCCCCCC(CCCCCCCCCCCCCCCCCC)COS(=O)(=O)OC.NCCO. The van der Waals surface area contributed by atoms with E-state index in [9.17, 15) is 8.42 Å². The lowest BCUT2D eigenvalue weighted by Gasteiger charge is -2.16. The Morgan fingerprint density at radius 3 is 0.917 bits per heavy atom. The highest BCUT2D eigenvalue weighted by Gasteiger charge is 2.15. The highest BCUT2D eigenvalue weighted by molar-refractivity contribution is 7.81. The number of hydrogen-bond acceptors (Lipinski definition) is 6. The first kappa shape index (κ1) is 49.9. The second-order valence-corrected chi connectivity index (χ2v) is 15.8. The van der Waals surface area contributed by atoms with Crippen LogP contribution < -0.4 is 5.73 Å². The van der Waals surface area contributed by atoms with Crippen molar-refractivity contribution in [2.24, 2.45) is 11.7 Å². The molecule has 48 heavy (non-hydrogen) atoms. The molecule has 0 saturated carbocycles. The van der Waals surface area contributed by atoms with Crippen LogP contribution in [-0.2, 0) is 18.8 Å². The van der Waals surface area contributed by atoms with E-state index in [4.69, 9.17) is 15.0 Å².